The highest BCUT2D eigenvalue weighted by Crippen LogP contribution is 2.35. The molecule has 1 atom stereocenters. The van der Waals surface area contributed by atoms with Gasteiger partial charge in [0.15, 0.2) is 11.6 Å². The van der Waals surface area contributed by atoms with Crippen LogP contribution >= 0.6 is 0 Å². The number of phenols is 1. The zero-order valence-corrected chi connectivity index (χ0v) is 12.1. The zero-order valence-electron chi connectivity index (χ0n) is 12.1. The number of benzene rings is 1. The molecule has 0 amide bonds. The van der Waals surface area contributed by atoms with Gasteiger partial charge in [-0.3, -0.25) is 0 Å². The summed E-state index contributed by atoms with van der Waals surface area (Å²) in [5.74, 6) is -2.39. The van der Waals surface area contributed by atoms with Crippen LogP contribution in [0.15, 0.2) is 24.4 Å². The molecule has 0 radical (unpaired) electrons. The van der Waals surface area contributed by atoms with Gasteiger partial charge in [0.05, 0.1) is 25.6 Å². The SMILES string of the molecule is COCC(c1cc(N)c(O)c(F)c1)c1cc(F)cnc1OC. The summed E-state index contributed by atoms with van der Waals surface area (Å²) in [5.41, 5.74) is 6.28. The van der Waals surface area contributed by atoms with E-state index in [9.17, 15) is 13.9 Å². The number of halogens is 2. The minimum atomic E-state index is -0.862. The number of rotatable bonds is 5. The minimum Gasteiger partial charge on any atom is -0.503 e. The molecule has 118 valence electrons. The Morgan fingerprint density at radius 3 is 2.59 bits per heavy atom. The van der Waals surface area contributed by atoms with Gasteiger partial charge in [0.1, 0.15) is 5.82 Å². The van der Waals surface area contributed by atoms with E-state index in [1.54, 1.807) is 0 Å². The molecule has 5 nitrogen and oxygen atoms in total. The largest absolute Gasteiger partial charge is 0.503 e. The van der Waals surface area contributed by atoms with Crippen molar-refractivity contribution in [3.63, 3.8) is 0 Å². The third-order valence-electron chi connectivity index (χ3n) is 3.27. The lowest BCUT2D eigenvalue weighted by Gasteiger charge is -2.20. The van der Waals surface area contributed by atoms with Gasteiger partial charge in [0.25, 0.3) is 0 Å². The van der Waals surface area contributed by atoms with Crippen LogP contribution < -0.4 is 10.5 Å². The van der Waals surface area contributed by atoms with Crippen molar-refractivity contribution >= 4 is 5.69 Å². The van der Waals surface area contributed by atoms with E-state index in [2.05, 4.69) is 4.98 Å². The topological polar surface area (TPSA) is 77.6 Å². The van der Waals surface area contributed by atoms with Crippen LogP contribution in [0.4, 0.5) is 14.5 Å². The Balaban J connectivity index is 2.58. The predicted octanol–water partition coefficient (Wildman–Crippen LogP) is 2.43. The van der Waals surface area contributed by atoms with Crippen molar-refractivity contribution < 1.29 is 23.4 Å². The van der Waals surface area contributed by atoms with Crippen molar-refractivity contribution in [3.8, 4) is 11.6 Å². The van der Waals surface area contributed by atoms with Crippen molar-refractivity contribution in [2.45, 2.75) is 5.92 Å². The van der Waals surface area contributed by atoms with Gasteiger partial charge >= 0.3 is 0 Å². The second-order valence-corrected chi connectivity index (χ2v) is 4.70. The third-order valence-corrected chi connectivity index (χ3v) is 3.27. The van der Waals surface area contributed by atoms with Crippen molar-refractivity contribution in [1.82, 2.24) is 4.98 Å². The lowest BCUT2D eigenvalue weighted by molar-refractivity contribution is 0.187. The molecule has 3 N–H and O–H groups in total. The van der Waals surface area contributed by atoms with Gasteiger partial charge in [0.2, 0.25) is 5.88 Å². The number of pyridine rings is 1. The van der Waals surface area contributed by atoms with E-state index in [1.165, 1.54) is 26.4 Å². The first kappa shape index (κ1) is 16.0. The van der Waals surface area contributed by atoms with Crippen LogP contribution in [0.25, 0.3) is 0 Å². The number of aromatic hydroxyl groups is 1. The number of ether oxygens (including phenoxy) is 2. The van der Waals surface area contributed by atoms with Crippen molar-refractivity contribution in [2.24, 2.45) is 0 Å². The lowest BCUT2D eigenvalue weighted by atomic mass is 9.92. The fourth-order valence-electron chi connectivity index (χ4n) is 2.24. The molecule has 1 aromatic heterocycles. The minimum absolute atomic E-state index is 0.112. The van der Waals surface area contributed by atoms with Gasteiger partial charge in [-0.1, -0.05) is 0 Å². The van der Waals surface area contributed by atoms with E-state index in [4.69, 9.17) is 15.2 Å². The van der Waals surface area contributed by atoms with E-state index in [0.29, 0.717) is 11.1 Å². The molecule has 0 aliphatic heterocycles. The Morgan fingerprint density at radius 2 is 2.00 bits per heavy atom. The lowest BCUT2D eigenvalue weighted by Crippen LogP contribution is -2.12. The van der Waals surface area contributed by atoms with Gasteiger partial charge in [-0.05, 0) is 23.8 Å². The van der Waals surface area contributed by atoms with Crippen LogP contribution in [0, 0.1) is 11.6 Å². The average molecular weight is 310 g/mol. The molecule has 0 bridgehead atoms. The van der Waals surface area contributed by atoms with Crippen LogP contribution in [0.5, 0.6) is 11.6 Å². The normalized spacial score (nSPS) is 12.2. The van der Waals surface area contributed by atoms with E-state index < -0.39 is 23.3 Å². The molecule has 1 heterocycles. The summed E-state index contributed by atoms with van der Waals surface area (Å²) in [6.07, 6.45) is 1.03. The van der Waals surface area contributed by atoms with Crippen molar-refractivity contribution in [3.05, 3.63) is 47.2 Å². The van der Waals surface area contributed by atoms with Crippen LogP contribution in [-0.4, -0.2) is 30.9 Å². The Hall–Kier alpha value is -2.41. The number of nitrogen functional groups attached to an aromatic ring is 1. The molecule has 0 spiro atoms. The summed E-state index contributed by atoms with van der Waals surface area (Å²) >= 11 is 0. The van der Waals surface area contributed by atoms with Gasteiger partial charge < -0.3 is 20.3 Å². The first-order chi connectivity index (χ1) is 10.5. The van der Waals surface area contributed by atoms with Gasteiger partial charge in [-0.2, -0.15) is 0 Å². The summed E-state index contributed by atoms with van der Waals surface area (Å²) in [4.78, 5) is 3.86. The molecule has 1 unspecified atom stereocenters. The number of nitrogens with zero attached hydrogens (tertiary/aromatic N) is 1. The molecule has 2 rings (SSSR count). The molecule has 2 aromatic rings. The summed E-state index contributed by atoms with van der Waals surface area (Å²) in [6, 6.07) is 3.78. The molecule has 0 aliphatic rings. The van der Waals surface area contributed by atoms with E-state index in [1.807, 2.05) is 0 Å². The second-order valence-electron chi connectivity index (χ2n) is 4.70. The van der Waals surface area contributed by atoms with E-state index >= 15 is 0 Å². The Labute approximate surface area is 126 Å². The molecular weight excluding hydrogens is 294 g/mol. The number of hydrogen-bond acceptors (Lipinski definition) is 5. The number of methoxy groups -OCH3 is 2. The number of hydrogen-bond donors (Lipinski definition) is 2. The number of phenolic OH excluding ortho intramolecular Hbond substituents is 1. The molecule has 22 heavy (non-hydrogen) atoms. The zero-order chi connectivity index (χ0) is 16.3. The first-order valence-electron chi connectivity index (χ1n) is 6.44. The number of aromatic nitrogens is 1. The number of nitrogens with two attached hydrogens (primary N) is 1. The molecule has 0 saturated heterocycles. The molecule has 0 fully saturated rings. The highest BCUT2D eigenvalue weighted by molar-refractivity contribution is 5.56. The van der Waals surface area contributed by atoms with Crippen LogP contribution in [-0.2, 0) is 4.74 Å². The van der Waals surface area contributed by atoms with Gasteiger partial charge in [-0.15, -0.1) is 0 Å². The predicted molar refractivity (Wildman–Crippen MR) is 76.9 cm³/mol. The Morgan fingerprint density at radius 1 is 1.27 bits per heavy atom. The highest BCUT2D eigenvalue weighted by Gasteiger charge is 2.22. The van der Waals surface area contributed by atoms with Crippen molar-refractivity contribution in [1.29, 1.82) is 0 Å². The van der Waals surface area contributed by atoms with Gasteiger partial charge in [0, 0.05) is 18.6 Å². The second kappa shape index (κ2) is 6.57. The smallest absolute Gasteiger partial charge is 0.217 e. The summed E-state index contributed by atoms with van der Waals surface area (Å²) in [5, 5.41) is 9.43. The van der Waals surface area contributed by atoms with Gasteiger partial charge in [-0.25, -0.2) is 13.8 Å². The number of anilines is 1. The molecule has 0 saturated carbocycles. The first-order valence-corrected chi connectivity index (χ1v) is 6.44. The molecule has 1 aromatic carbocycles. The van der Waals surface area contributed by atoms with Crippen LogP contribution in [0.3, 0.4) is 0 Å². The molecule has 0 aliphatic carbocycles. The molecular formula is C15H16F2N2O3. The summed E-state index contributed by atoms with van der Waals surface area (Å²) < 4.78 is 37.5. The quantitative estimate of drug-likeness (QED) is 0.655. The maximum absolute atomic E-state index is 13.7. The average Bonchev–Trinajstić information content (AvgIpc) is 2.49. The van der Waals surface area contributed by atoms with Crippen molar-refractivity contribution in [2.75, 3.05) is 26.6 Å². The Bertz CT molecular complexity index is 657. The maximum atomic E-state index is 13.7. The third kappa shape index (κ3) is 3.09. The monoisotopic (exact) mass is 310 g/mol. The summed E-state index contributed by atoms with van der Waals surface area (Å²) in [6.45, 7) is 0.130. The standard InChI is InChI=1S/C15H16F2N2O3/c1-21-7-11(8-3-12(17)14(20)13(18)4-8)10-5-9(16)6-19-15(10)22-2/h3-6,11,20H,7,18H2,1-2H3. The summed E-state index contributed by atoms with van der Waals surface area (Å²) in [7, 11) is 2.87. The van der Waals surface area contributed by atoms with Crippen LogP contribution in [0.2, 0.25) is 0 Å². The fourth-order valence-corrected chi connectivity index (χ4v) is 2.24. The van der Waals surface area contributed by atoms with Crippen LogP contribution in [0.1, 0.15) is 17.0 Å². The fraction of sp³-hybridized carbons (Fsp3) is 0.267. The Kier molecular flexibility index (Phi) is 4.77. The van der Waals surface area contributed by atoms with E-state index in [-0.39, 0.29) is 18.2 Å². The van der Waals surface area contributed by atoms with E-state index in [0.717, 1.165) is 12.3 Å². The maximum Gasteiger partial charge on any atom is 0.217 e. The molecule has 7 heteroatoms. The highest BCUT2D eigenvalue weighted by atomic mass is 19.1.